The number of rotatable bonds is 16. The van der Waals surface area contributed by atoms with Crippen LogP contribution in [0.4, 0.5) is 0 Å². The van der Waals surface area contributed by atoms with Gasteiger partial charge in [0.15, 0.2) is 0 Å². The molecule has 0 aliphatic heterocycles. The van der Waals surface area contributed by atoms with Crippen LogP contribution in [0.1, 0.15) is 104 Å². The number of hydrogen-bond donors (Lipinski definition) is 1. The molecule has 0 aliphatic rings. The van der Waals surface area contributed by atoms with E-state index in [0.29, 0.717) is 0 Å². The summed E-state index contributed by atoms with van der Waals surface area (Å²) < 4.78 is 5.96. The molecule has 1 atom stereocenters. The first-order valence-electron chi connectivity index (χ1n) is 12.4. The second-order valence-corrected chi connectivity index (χ2v) is 13.8. The Hall–Kier alpha value is -0.983. The summed E-state index contributed by atoms with van der Waals surface area (Å²) in [7, 11) is -1.41. The zero-order valence-electron chi connectivity index (χ0n) is 19.7. The lowest BCUT2D eigenvalue weighted by Gasteiger charge is -2.24. The Bertz CT molecular complexity index is 569. The molecular weight excluding hydrogens is 372 g/mol. The van der Waals surface area contributed by atoms with Crippen LogP contribution in [0.5, 0.6) is 0 Å². The van der Waals surface area contributed by atoms with Gasteiger partial charge in [0.1, 0.15) is 14.2 Å². The van der Waals surface area contributed by atoms with Crippen molar-refractivity contribution in [2.75, 3.05) is 0 Å². The van der Waals surface area contributed by atoms with Crippen LogP contribution in [0, 0.1) is 11.8 Å². The topological polar surface area (TPSA) is 33.4 Å². The average molecular weight is 419 g/mol. The molecule has 1 unspecified atom stereocenters. The Labute approximate surface area is 181 Å². The van der Waals surface area contributed by atoms with Crippen molar-refractivity contribution in [3.63, 3.8) is 0 Å². The lowest BCUT2D eigenvalue weighted by Crippen LogP contribution is -2.44. The van der Waals surface area contributed by atoms with E-state index in [0.717, 1.165) is 25.7 Å². The van der Waals surface area contributed by atoms with Crippen molar-refractivity contribution in [1.29, 1.82) is 0 Å². The van der Waals surface area contributed by atoms with Gasteiger partial charge >= 0.3 is 0 Å². The summed E-state index contributed by atoms with van der Waals surface area (Å²) in [4.78, 5) is 0. The van der Waals surface area contributed by atoms with Gasteiger partial charge in [-0.15, -0.1) is 5.92 Å². The van der Waals surface area contributed by atoms with E-state index >= 15 is 0 Å². The molecule has 3 heteroatoms. The quantitative estimate of drug-likeness (QED) is 0.175. The summed E-state index contributed by atoms with van der Waals surface area (Å²) in [6.07, 6.45) is 15.8. The minimum atomic E-state index is -1.41. The highest BCUT2D eigenvalue weighted by Gasteiger charge is 2.32. The van der Waals surface area contributed by atoms with E-state index in [-0.39, 0.29) is 0 Å². The standard InChI is InChI=1S/C26H46O2Si/c1-5-9-10-11-12-13-14-15-16-20-25(27)21-18-17-19-24-22-26(28-23-24)29(6-2,7-3)8-4/h22-23,25,27H,5-17,19-20H2,1-4H3. The van der Waals surface area contributed by atoms with E-state index in [1.807, 2.05) is 6.26 Å². The molecule has 2 nitrogen and oxygen atoms in total. The Morgan fingerprint density at radius 3 is 2.07 bits per heavy atom. The predicted molar refractivity (Wildman–Crippen MR) is 129 cm³/mol. The van der Waals surface area contributed by atoms with Crippen molar-refractivity contribution >= 4 is 13.5 Å². The highest BCUT2D eigenvalue weighted by molar-refractivity contribution is 6.90. The van der Waals surface area contributed by atoms with Crippen molar-refractivity contribution in [2.24, 2.45) is 0 Å². The number of aliphatic hydroxyl groups excluding tert-OH is 1. The fourth-order valence-electron chi connectivity index (χ4n) is 4.17. The van der Waals surface area contributed by atoms with E-state index in [4.69, 9.17) is 4.42 Å². The monoisotopic (exact) mass is 418 g/mol. The Balaban J connectivity index is 2.19. The highest BCUT2D eigenvalue weighted by atomic mass is 28.3. The van der Waals surface area contributed by atoms with Gasteiger partial charge in [-0.05, 0) is 30.9 Å². The highest BCUT2D eigenvalue weighted by Crippen LogP contribution is 2.21. The first-order valence-corrected chi connectivity index (χ1v) is 15.0. The molecule has 0 aromatic carbocycles. The van der Waals surface area contributed by atoms with Crippen molar-refractivity contribution < 1.29 is 9.52 Å². The number of hydrogen-bond acceptors (Lipinski definition) is 2. The van der Waals surface area contributed by atoms with Gasteiger partial charge in [-0.2, -0.15) is 0 Å². The van der Waals surface area contributed by atoms with E-state index in [2.05, 4.69) is 45.6 Å². The van der Waals surface area contributed by atoms with Gasteiger partial charge < -0.3 is 9.52 Å². The maximum absolute atomic E-state index is 10.1. The fourth-order valence-corrected chi connectivity index (χ4v) is 7.52. The number of furan rings is 1. The first-order chi connectivity index (χ1) is 14.1. The summed E-state index contributed by atoms with van der Waals surface area (Å²) >= 11 is 0. The van der Waals surface area contributed by atoms with E-state index in [1.165, 1.54) is 80.4 Å². The SMILES string of the molecule is CCCCCCCCCCCC(O)C#CCCc1coc([Si](CC)(CC)CC)c1. The van der Waals surface area contributed by atoms with Gasteiger partial charge in [0.05, 0.1) is 11.6 Å². The predicted octanol–water partition coefficient (Wildman–Crippen LogP) is 7.21. The normalized spacial score (nSPS) is 12.6. The molecule has 0 saturated carbocycles. The van der Waals surface area contributed by atoms with Crippen LogP contribution < -0.4 is 5.38 Å². The van der Waals surface area contributed by atoms with Gasteiger partial charge in [0.2, 0.25) is 0 Å². The summed E-state index contributed by atoms with van der Waals surface area (Å²) in [6.45, 7) is 9.19. The van der Waals surface area contributed by atoms with Crippen LogP contribution in [0.3, 0.4) is 0 Å². The summed E-state index contributed by atoms with van der Waals surface area (Å²) in [6, 6.07) is 6.02. The zero-order valence-corrected chi connectivity index (χ0v) is 20.7. The fraction of sp³-hybridized carbons (Fsp3) is 0.769. The molecule has 0 amide bonds. The lowest BCUT2D eigenvalue weighted by molar-refractivity contribution is 0.217. The molecule has 0 aliphatic carbocycles. The molecule has 1 aromatic rings. The second kappa shape index (κ2) is 15.8. The van der Waals surface area contributed by atoms with Crippen LogP contribution in [-0.2, 0) is 6.42 Å². The maximum atomic E-state index is 10.1. The average Bonchev–Trinajstić information content (AvgIpc) is 3.21. The summed E-state index contributed by atoms with van der Waals surface area (Å²) in [5.41, 5.74) is 1.26. The van der Waals surface area contributed by atoms with E-state index in [1.54, 1.807) is 0 Å². The van der Waals surface area contributed by atoms with Crippen molar-refractivity contribution in [2.45, 2.75) is 129 Å². The molecule has 0 fully saturated rings. The molecule has 29 heavy (non-hydrogen) atoms. The van der Waals surface area contributed by atoms with Gasteiger partial charge in [-0.1, -0.05) is 103 Å². The molecule has 0 spiro atoms. The minimum Gasteiger partial charge on any atom is -0.474 e. The van der Waals surface area contributed by atoms with E-state index in [9.17, 15) is 5.11 Å². The maximum Gasteiger partial charge on any atom is 0.131 e. The van der Waals surface area contributed by atoms with Crippen LogP contribution in [0.15, 0.2) is 16.7 Å². The molecule has 166 valence electrons. The molecule has 0 radical (unpaired) electrons. The van der Waals surface area contributed by atoms with Gasteiger partial charge in [-0.3, -0.25) is 0 Å². The largest absolute Gasteiger partial charge is 0.474 e. The molecular formula is C26H46O2Si. The zero-order chi connectivity index (χ0) is 21.4. The van der Waals surface area contributed by atoms with E-state index < -0.39 is 14.2 Å². The third kappa shape index (κ3) is 10.1. The molecule has 1 rings (SSSR count). The van der Waals surface area contributed by atoms with Crippen LogP contribution in [0.25, 0.3) is 0 Å². The molecule has 1 heterocycles. The number of aryl methyl sites for hydroxylation is 1. The number of aliphatic hydroxyl groups is 1. The van der Waals surface area contributed by atoms with Crippen LogP contribution >= 0.6 is 0 Å². The van der Waals surface area contributed by atoms with Crippen LogP contribution in [0.2, 0.25) is 18.1 Å². The van der Waals surface area contributed by atoms with Gasteiger partial charge in [0, 0.05) is 6.42 Å². The minimum absolute atomic E-state index is 0.459. The lowest BCUT2D eigenvalue weighted by atomic mass is 10.1. The molecule has 1 aromatic heterocycles. The molecule has 0 saturated heterocycles. The van der Waals surface area contributed by atoms with Crippen LogP contribution in [-0.4, -0.2) is 19.3 Å². The van der Waals surface area contributed by atoms with Gasteiger partial charge in [0.25, 0.3) is 0 Å². The van der Waals surface area contributed by atoms with Crippen molar-refractivity contribution in [3.05, 3.63) is 17.9 Å². The Morgan fingerprint density at radius 1 is 0.897 bits per heavy atom. The third-order valence-corrected chi connectivity index (χ3v) is 12.0. The Morgan fingerprint density at radius 2 is 1.48 bits per heavy atom. The molecule has 0 bridgehead atoms. The summed E-state index contributed by atoms with van der Waals surface area (Å²) in [5, 5.41) is 11.3. The smallest absolute Gasteiger partial charge is 0.131 e. The van der Waals surface area contributed by atoms with Crippen molar-refractivity contribution in [1.82, 2.24) is 0 Å². The van der Waals surface area contributed by atoms with Crippen molar-refractivity contribution in [3.8, 4) is 11.8 Å². The first kappa shape index (κ1) is 26.1. The summed E-state index contributed by atoms with van der Waals surface area (Å²) in [5.74, 6) is 6.21. The second-order valence-electron chi connectivity index (χ2n) is 8.61. The number of unbranched alkanes of at least 4 members (excludes halogenated alkanes) is 8. The third-order valence-electron chi connectivity index (χ3n) is 6.60. The molecule has 1 N–H and O–H groups in total. The Kier molecular flexibility index (Phi) is 14.2. The van der Waals surface area contributed by atoms with Gasteiger partial charge in [-0.25, -0.2) is 0 Å².